The first-order valence-electron chi connectivity index (χ1n) is 7.90. The first kappa shape index (κ1) is 14.7. The van der Waals surface area contributed by atoms with Gasteiger partial charge >= 0.3 is 0 Å². The van der Waals surface area contributed by atoms with Crippen molar-refractivity contribution in [2.24, 2.45) is 0 Å². The number of nitrogens with one attached hydrogen (secondary N) is 2. The molecule has 0 unspecified atom stereocenters. The molecule has 0 saturated heterocycles. The van der Waals surface area contributed by atoms with Crippen LogP contribution < -0.4 is 14.8 Å². The van der Waals surface area contributed by atoms with Crippen molar-refractivity contribution in [1.82, 2.24) is 4.98 Å². The predicted molar refractivity (Wildman–Crippen MR) is 90.1 cm³/mol. The Labute approximate surface area is 138 Å². The van der Waals surface area contributed by atoms with E-state index in [1.54, 1.807) is 11.2 Å². The van der Waals surface area contributed by atoms with Crippen molar-refractivity contribution in [2.45, 2.75) is 6.42 Å². The summed E-state index contributed by atoms with van der Waals surface area (Å²) in [6.07, 6.45) is 2.80. The Hall–Kier alpha value is -2.89. The molecule has 0 fully saturated rings. The van der Waals surface area contributed by atoms with Crippen LogP contribution in [0, 0.1) is 10.7 Å². The standard InChI is InChI=1S/C18H16FN3O2/c19-15-9-13(21-23)10-17-18(15)22(7-8-24-17)6-5-12-11-20-16-4-2-1-3-14(12)16/h1-4,9-11,20H,5-8H2/p+1. The van der Waals surface area contributed by atoms with E-state index in [2.05, 4.69) is 11.1 Å². The molecule has 3 aromatic rings. The van der Waals surface area contributed by atoms with Crippen LogP contribution in [-0.4, -0.2) is 24.7 Å². The van der Waals surface area contributed by atoms with Crippen molar-refractivity contribution in [1.29, 1.82) is 0 Å². The highest BCUT2D eigenvalue weighted by atomic mass is 19.1. The molecule has 122 valence electrons. The molecule has 6 heteroatoms. The highest BCUT2D eigenvalue weighted by molar-refractivity contribution is 5.83. The minimum Gasteiger partial charge on any atom is -0.489 e. The van der Waals surface area contributed by atoms with E-state index in [0.29, 0.717) is 31.1 Å². The fraction of sp³-hybridized carbons (Fsp3) is 0.222. The van der Waals surface area contributed by atoms with E-state index >= 15 is 0 Å². The first-order valence-corrected chi connectivity index (χ1v) is 7.90. The van der Waals surface area contributed by atoms with Crippen LogP contribution >= 0.6 is 0 Å². The molecule has 1 aromatic heterocycles. The van der Waals surface area contributed by atoms with Crippen LogP contribution in [0.5, 0.6) is 5.75 Å². The maximum absolute atomic E-state index is 14.4. The van der Waals surface area contributed by atoms with Gasteiger partial charge in [0.2, 0.25) is 0 Å². The molecule has 4 rings (SSSR count). The van der Waals surface area contributed by atoms with Crippen molar-refractivity contribution in [3.63, 3.8) is 0 Å². The smallest absolute Gasteiger partial charge is 0.260 e. The Bertz CT molecular complexity index is 906. The molecule has 0 amide bonds. The van der Waals surface area contributed by atoms with Crippen LogP contribution in [0.3, 0.4) is 0 Å². The van der Waals surface area contributed by atoms with Crippen LogP contribution in [-0.2, 0) is 6.42 Å². The van der Waals surface area contributed by atoms with Crippen molar-refractivity contribution in [3.05, 3.63) is 58.9 Å². The van der Waals surface area contributed by atoms with Crippen LogP contribution in [0.25, 0.3) is 10.9 Å². The molecule has 2 N–H and O–H groups in total. The van der Waals surface area contributed by atoms with Crippen molar-refractivity contribution in [3.8, 4) is 5.75 Å². The molecule has 0 bridgehead atoms. The minimum atomic E-state index is -0.440. The second-order valence-electron chi connectivity index (χ2n) is 5.85. The molecule has 0 radical (unpaired) electrons. The van der Waals surface area contributed by atoms with E-state index < -0.39 is 5.82 Å². The lowest BCUT2D eigenvalue weighted by atomic mass is 10.1. The highest BCUT2D eigenvalue weighted by Crippen LogP contribution is 2.36. The number of aromatic amines is 1. The molecule has 0 saturated carbocycles. The van der Waals surface area contributed by atoms with Gasteiger partial charge in [0.15, 0.2) is 11.6 Å². The number of para-hydroxylation sites is 1. The number of nitroso groups, excluding NO2 is 1. The molecule has 5 nitrogen and oxygen atoms in total. The first-order chi connectivity index (χ1) is 11.8. The van der Waals surface area contributed by atoms with Gasteiger partial charge in [-0.15, -0.1) is 0 Å². The molecule has 2 heterocycles. The van der Waals surface area contributed by atoms with E-state index in [0.717, 1.165) is 11.9 Å². The van der Waals surface area contributed by atoms with E-state index in [9.17, 15) is 9.30 Å². The van der Waals surface area contributed by atoms with Crippen LogP contribution in [0.4, 0.5) is 15.8 Å². The molecule has 0 spiro atoms. The number of aromatic nitrogens is 1. The fourth-order valence-electron chi connectivity index (χ4n) is 3.24. The molecule has 1 aliphatic heterocycles. The lowest BCUT2D eigenvalue weighted by Gasteiger charge is -2.31. The number of fused-ring (bicyclic) bond motifs is 2. The summed E-state index contributed by atoms with van der Waals surface area (Å²) in [4.78, 5) is 16.0. The summed E-state index contributed by atoms with van der Waals surface area (Å²) < 4.78 is 19.9. The number of ether oxygens (including phenoxy) is 1. The number of benzene rings is 2. The summed E-state index contributed by atoms with van der Waals surface area (Å²) in [6, 6.07) is 10.9. The van der Waals surface area contributed by atoms with Gasteiger partial charge in [-0.05, 0) is 18.1 Å². The summed E-state index contributed by atoms with van der Waals surface area (Å²) in [5, 5.41) is 2.91. The number of halogens is 1. The maximum Gasteiger partial charge on any atom is 0.260 e. The zero-order valence-corrected chi connectivity index (χ0v) is 13.0. The fourth-order valence-corrected chi connectivity index (χ4v) is 3.24. The van der Waals surface area contributed by atoms with Gasteiger partial charge in [0.1, 0.15) is 12.3 Å². The average Bonchev–Trinajstić information content (AvgIpc) is 3.02. The molecule has 0 atom stereocenters. The minimum absolute atomic E-state index is 0.171. The lowest BCUT2D eigenvalue weighted by molar-refractivity contribution is -0.379. The Kier molecular flexibility index (Phi) is 3.65. The summed E-state index contributed by atoms with van der Waals surface area (Å²) in [5.41, 5.74) is 2.91. The van der Waals surface area contributed by atoms with Gasteiger partial charge in [0.25, 0.3) is 5.69 Å². The van der Waals surface area contributed by atoms with Gasteiger partial charge in [-0.25, -0.2) is 4.39 Å². The predicted octanol–water partition coefficient (Wildman–Crippen LogP) is 2.23. The third-order valence-electron chi connectivity index (χ3n) is 4.41. The topological polar surface area (TPSA) is 59.3 Å². The molecule has 0 aliphatic carbocycles. The number of hydrogen-bond donors (Lipinski definition) is 2. The molecule has 2 aromatic carbocycles. The van der Waals surface area contributed by atoms with Gasteiger partial charge in [-0.2, -0.15) is 0 Å². The van der Waals surface area contributed by atoms with Crippen LogP contribution in [0.2, 0.25) is 0 Å². The second-order valence-corrected chi connectivity index (χ2v) is 5.85. The van der Waals surface area contributed by atoms with E-state index in [-0.39, 0.29) is 5.69 Å². The third kappa shape index (κ3) is 2.50. The zero-order chi connectivity index (χ0) is 16.5. The molecular weight excluding hydrogens is 309 g/mol. The summed E-state index contributed by atoms with van der Waals surface area (Å²) >= 11 is 0. The normalized spacial score (nSPS) is 13.6. The average molecular weight is 326 g/mol. The number of hydrogen-bond acceptors (Lipinski definition) is 3. The quantitative estimate of drug-likeness (QED) is 0.773. The molecular formula is C18H17FN3O2+. The Balaban J connectivity index is 1.59. The Morgan fingerprint density at radius 3 is 3.04 bits per heavy atom. The van der Waals surface area contributed by atoms with Gasteiger partial charge in [0.05, 0.1) is 18.7 Å². The number of H-pyrrole nitrogens is 1. The third-order valence-corrected chi connectivity index (χ3v) is 4.41. The number of nitrogens with zero attached hydrogens (tertiary/aromatic N) is 1. The number of rotatable bonds is 4. The Morgan fingerprint density at radius 2 is 2.17 bits per heavy atom. The monoisotopic (exact) mass is 326 g/mol. The highest BCUT2D eigenvalue weighted by Gasteiger charge is 2.24. The molecule has 1 aliphatic rings. The van der Waals surface area contributed by atoms with Crippen molar-refractivity contribution in [2.75, 3.05) is 24.6 Å². The van der Waals surface area contributed by atoms with Gasteiger partial charge in [-0.1, -0.05) is 18.2 Å². The summed E-state index contributed by atoms with van der Waals surface area (Å²) in [7, 11) is 0. The van der Waals surface area contributed by atoms with Gasteiger partial charge in [0, 0.05) is 33.7 Å². The summed E-state index contributed by atoms with van der Waals surface area (Å²) in [5.74, 6) is -0.0250. The van der Waals surface area contributed by atoms with E-state index in [4.69, 9.17) is 4.74 Å². The van der Waals surface area contributed by atoms with Crippen LogP contribution in [0.1, 0.15) is 5.56 Å². The largest absolute Gasteiger partial charge is 0.489 e. The molecule has 24 heavy (non-hydrogen) atoms. The zero-order valence-electron chi connectivity index (χ0n) is 13.0. The maximum atomic E-state index is 14.4. The van der Waals surface area contributed by atoms with Crippen molar-refractivity contribution < 1.29 is 14.3 Å². The Morgan fingerprint density at radius 1 is 1.29 bits per heavy atom. The van der Waals surface area contributed by atoms with Crippen molar-refractivity contribution >= 4 is 22.3 Å². The lowest BCUT2D eigenvalue weighted by Crippen LogP contribution is -2.55. The van der Waals surface area contributed by atoms with E-state index in [1.807, 2.05) is 29.3 Å². The SMILES string of the molecule is O=[NH+]c1cc(F)c2c(c1)OCCN2CCc1c[nH]c2ccccc12. The number of anilines is 1. The summed E-state index contributed by atoms with van der Waals surface area (Å²) in [6.45, 7) is 1.78. The van der Waals surface area contributed by atoms with Gasteiger partial charge < -0.3 is 14.6 Å². The van der Waals surface area contributed by atoms with E-state index in [1.165, 1.54) is 17.0 Å². The van der Waals surface area contributed by atoms with Crippen LogP contribution in [0.15, 0.2) is 42.6 Å². The second kappa shape index (κ2) is 5.96. The van der Waals surface area contributed by atoms with Gasteiger partial charge in [-0.3, -0.25) is 0 Å².